The largest absolute Gasteiger partial charge is 0.314 e. The maximum Gasteiger partial charge on any atom is 0.00952 e. The maximum absolute atomic E-state index is 3.81. The molecule has 0 amide bonds. The summed E-state index contributed by atoms with van der Waals surface area (Å²) in [5.41, 5.74) is 0. The standard InChI is InChI=1S/C16H34N2/c1-5-15-10-6-7-11-16(15)17-12-8-9-13-18(4)14(2)3/h14-17H,5-13H2,1-4H3. The first-order chi connectivity index (χ1) is 8.65. The molecule has 2 unspecified atom stereocenters. The minimum absolute atomic E-state index is 0.681. The van der Waals surface area contributed by atoms with Crippen LogP contribution in [0.15, 0.2) is 0 Å². The number of unbranched alkanes of at least 4 members (excludes halogenated alkanes) is 1. The fraction of sp³-hybridized carbons (Fsp3) is 1.00. The molecular weight excluding hydrogens is 220 g/mol. The maximum atomic E-state index is 3.81. The van der Waals surface area contributed by atoms with Gasteiger partial charge in [0.25, 0.3) is 0 Å². The highest BCUT2D eigenvalue weighted by atomic mass is 15.1. The average Bonchev–Trinajstić information content (AvgIpc) is 2.38. The molecule has 2 nitrogen and oxygen atoms in total. The lowest BCUT2D eigenvalue weighted by Gasteiger charge is -2.31. The quantitative estimate of drug-likeness (QED) is 0.665. The Morgan fingerprint density at radius 2 is 1.89 bits per heavy atom. The van der Waals surface area contributed by atoms with Crippen LogP contribution < -0.4 is 5.32 Å². The van der Waals surface area contributed by atoms with Crippen molar-refractivity contribution in [1.82, 2.24) is 10.2 Å². The van der Waals surface area contributed by atoms with Gasteiger partial charge in [0.05, 0.1) is 0 Å². The van der Waals surface area contributed by atoms with E-state index in [1.54, 1.807) is 0 Å². The van der Waals surface area contributed by atoms with Gasteiger partial charge < -0.3 is 10.2 Å². The van der Waals surface area contributed by atoms with E-state index in [0.717, 1.165) is 12.0 Å². The molecule has 0 spiro atoms. The van der Waals surface area contributed by atoms with Gasteiger partial charge in [0, 0.05) is 12.1 Å². The predicted molar refractivity (Wildman–Crippen MR) is 81.0 cm³/mol. The fourth-order valence-electron chi connectivity index (χ4n) is 3.00. The van der Waals surface area contributed by atoms with Crippen molar-refractivity contribution in [1.29, 1.82) is 0 Å². The summed E-state index contributed by atoms with van der Waals surface area (Å²) in [5, 5.41) is 3.81. The van der Waals surface area contributed by atoms with Gasteiger partial charge >= 0.3 is 0 Å². The molecule has 0 aromatic carbocycles. The number of nitrogens with one attached hydrogen (secondary N) is 1. The summed E-state index contributed by atoms with van der Waals surface area (Å²) in [7, 11) is 2.23. The molecule has 0 aromatic heterocycles. The summed E-state index contributed by atoms with van der Waals surface area (Å²) in [4.78, 5) is 2.44. The van der Waals surface area contributed by atoms with Crippen molar-refractivity contribution in [2.45, 2.75) is 77.8 Å². The van der Waals surface area contributed by atoms with E-state index in [1.807, 2.05) is 0 Å². The molecule has 2 atom stereocenters. The van der Waals surface area contributed by atoms with Crippen LogP contribution in [-0.2, 0) is 0 Å². The molecule has 1 fully saturated rings. The SMILES string of the molecule is CCC1CCCCC1NCCCCN(C)C(C)C. The topological polar surface area (TPSA) is 15.3 Å². The van der Waals surface area contributed by atoms with Crippen molar-refractivity contribution in [3.8, 4) is 0 Å². The molecule has 0 bridgehead atoms. The first kappa shape index (κ1) is 16.0. The van der Waals surface area contributed by atoms with Crippen molar-refractivity contribution < 1.29 is 0 Å². The van der Waals surface area contributed by atoms with Crippen LogP contribution in [0.2, 0.25) is 0 Å². The lowest BCUT2D eigenvalue weighted by atomic mass is 9.83. The van der Waals surface area contributed by atoms with Gasteiger partial charge in [-0.05, 0) is 65.6 Å². The minimum Gasteiger partial charge on any atom is -0.314 e. The van der Waals surface area contributed by atoms with E-state index in [4.69, 9.17) is 0 Å². The van der Waals surface area contributed by atoms with Crippen LogP contribution >= 0.6 is 0 Å². The second-order valence-electron chi connectivity index (χ2n) is 6.29. The smallest absolute Gasteiger partial charge is 0.00952 e. The van der Waals surface area contributed by atoms with Crippen molar-refractivity contribution in [3.63, 3.8) is 0 Å². The predicted octanol–water partition coefficient (Wildman–Crippen LogP) is 3.67. The Balaban J connectivity index is 2.06. The molecule has 0 aromatic rings. The highest BCUT2D eigenvalue weighted by molar-refractivity contribution is 4.79. The van der Waals surface area contributed by atoms with E-state index in [9.17, 15) is 0 Å². The van der Waals surface area contributed by atoms with Gasteiger partial charge in [0.1, 0.15) is 0 Å². The monoisotopic (exact) mass is 254 g/mol. The molecule has 1 saturated carbocycles. The van der Waals surface area contributed by atoms with E-state index in [0.29, 0.717) is 6.04 Å². The first-order valence-electron chi connectivity index (χ1n) is 8.08. The van der Waals surface area contributed by atoms with Crippen molar-refractivity contribution >= 4 is 0 Å². The van der Waals surface area contributed by atoms with Crippen LogP contribution in [-0.4, -0.2) is 37.1 Å². The third-order valence-corrected chi connectivity index (χ3v) is 4.66. The van der Waals surface area contributed by atoms with Gasteiger partial charge in [-0.1, -0.05) is 26.2 Å². The molecule has 2 heteroatoms. The highest BCUT2D eigenvalue weighted by Crippen LogP contribution is 2.26. The molecular formula is C16H34N2. The van der Waals surface area contributed by atoms with Crippen LogP contribution in [0.4, 0.5) is 0 Å². The summed E-state index contributed by atoms with van der Waals surface area (Å²) in [6, 6.07) is 1.49. The zero-order valence-electron chi connectivity index (χ0n) is 13.0. The summed E-state index contributed by atoms with van der Waals surface area (Å²) >= 11 is 0. The number of nitrogens with zero attached hydrogens (tertiary/aromatic N) is 1. The Morgan fingerprint density at radius 1 is 1.17 bits per heavy atom. The summed E-state index contributed by atoms with van der Waals surface area (Å²) in [6.07, 6.45) is 9.75. The molecule has 1 rings (SSSR count). The number of hydrogen-bond acceptors (Lipinski definition) is 2. The molecule has 0 saturated heterocycles. The summed E-state index contributed by atoms with van der Waals surface area (Å²) < 4.78 is 0. The summed E-state index contributed by atoms with van der Waals surface area (Å²) in [6.45, 7) is 9.34. The molecule has 18 heavy (non-hydrogen) atoms. The van der Waals surface area contributed by atoms with Crippen LogP contribution in [0.5, 0.6) is 0 Å². The minimum atomic E-state index is 0.681. The molecule has 0 heterocycles. The van der Waals surface area contributed by atoms with E-state index in [-0.39, 0.29) is 0 Å². The lowest BCUT2D eigenvalue weighted by Crippen LogP contribution is -2.39. The van der Waals surface area contributed by atoms with E-state index in [2.05, 4.69) is 38.0 Å². The van der Waals surface area contributed by atoms with Crippen LogP contribution in [0.1, 0.15) is 65.7 Å². The van der Waals surface area contributed by atoms with Crippen LogP contribution in [0, 0.1) is 5.92 Å². The third kappa shape index (κ3) is 5.71. The number of hydrogen-bond donors (Lipinski definition) is 1. The third-order valence-electron chi connectivity index (χ3n) is 4.66. The Labute approximate surface area is 115 Å². The van der Waals surface area contributed by atoms with Gasteiger partial charge in [-0.25, -0.2) is 0 Å². The van der Waals surface area contributed by atoms with Gasteiger partial charge in [-0.3, -0.25) is 0 Å². The normalized spacial score (nSPS) is 25.0. The molecule has 1 aliphatic carbocycles. The molecule has 108 valence electrons. The highest BCUT2D eigenvalue weighted by Gasteiger charge is 2.22. The Morgan fingerprint density at radius 3 is 2.56 bits per heavy atom. The first-order valence-corrected chi connectivity index (χ1v) is 8.08. The van der Waals surface area contributed by atoms with Crippen molar-refractivity contribution in [3.05, 3.63) is 0 Å². The molecule has 1 N–H and O–H groups in total. The zero-order valence-corrected chi connectivity index (χ0v) is 13.0. The van der Waals surface area contributed by atoms with Crippen molar-refractivity contribution in [2.75, 3.05) is 20.1 Å². The zero-order chi connectivity index (χ0) is 13.4. The molecule has 0 radical (unpaired) electrons. The summed E-state index contributed by atoms with van der Waals surface area (Å²) in [5.74, 6) is 0.942. The molecule has 0 aliphatic heterocycles. The molecule has 1 aliphatic rings. The van der Waals surface area contributed by atoms with Gasteiger partial charge in [0.15, 0.2) is 0 Å². The van der Waals surface area contributed by atoms with E-state index in [1.165, 1.54) is 58.0 Å². The van der Waals surface area contributed by atoms with E-state index >= 15 is 0 Å². The lowest BCUT2D eigenvalue weighted by molar-refractivity contribution is 0.246. The Bertz CT molecular complexity index is 203. The van der Waals surface area contributed by atoms with Crippen LogP contribution in [0.3, 0.4) is 0 Å². The van der Waals surface area contributed by atoms with Crippen molar-refractivity contribution in [2.24, 2.45) is 5.92 Å². The average molecular weight is 254 g/mol. The van der Waals surface area contributed by atoms with Gasteiger partial charge in [-0.15, -0.1) is 0 Å². The Kier molecular flexibility index (Phi) is 7.92. The van der Waals surface area contributed by atoms with E-state index < -0.39 is 0 Å². The fourth-order valence-corrected chi connectivity index (χ4v) is 3.00. The van der Waals surface area contributed by atoms with Gasteiger partial charge in [0.2, 0.25) is 0 Å². The van der Waals surface area contributed by atoms with Crippen LogP contribution in [0.25, 0.3) is 0 Å². The number of rotatable bonds is 8. The second kappa shape index (κ2) is 8.92. The Hall–Kier alpha value is -0.0800. The van der Waals surface area contributed by atoms with Gasteiger partial charge in [-0.2, -0.15) is 0 Å². The second-order valence-corrected chi connectivity index (χ2v) is 6.29.